The second-order valence-corrected chi connectivity index (χ2v) is 8.93. The van der Waals surface area contributed by atoms with E-state index in [1.165, 1.54) is 0 Å². The van der Waals surface area contributed by atoms with Gasteiger partial charge in [-0.3, -0.25) is 9.80 Å². The number of hydrogen-bond donors (Lipinski definition) is 1. The first kappa shape index (κ1) is 24.3. The number of hydrogen-bond acceptors (Lipinski definition) is 7. The van der Waals surface area contributed by atoms with Crippen molar-refractivity contribution in [3.8, 4) is 17.9 Å². The zero-order valence-corrected chi connectivity index (χ0v) is 19.8. The van der Waals surface area contributed by atoms with E-state index in [4.69, 9.17) is 23.2 Å². The highest BCUT2D eigenvalue weighted by Crippen LogP contribution is 2.40. The van der Waals surface area contributed by atoms with Crippen LogP contribution in [0.2, 0.25) is 10.0 Å². The van der Waals surface area contributed by atoms with Gasteiger partial charge in [-0.2, -0.15) is 10.4 Å². The molecule has 35 heavy (non-hydrogen) atoms. The van der Waals surface area contributed by atoms with Crippen molar-refractivity contribution >= 4 is 40.5 Å². The van der Waals surface area contributed by atoms with Crippen LogP contribution in [-0.2, 0) is 9.63 Å². The molecule has 4 rings (SSSR count). The molecular weight excluding hydrogens is 493 g/mol. The van der Waals surface area contributed by atoms with E-state index >= 15 is 0 Å². The lowest BCUT2D eigenvalue weighted by Crippen LogP contribution is -2.39. The van der Waals surface area contributed by atoms with Crippen molar-refractivity contribution in [1.82, 2.24) is 5.32 Å². The van der Waals surface area contributed by atoms with Crippen LogP contribution in [0.15, 0.2) is 47.6 Å². The minimum absolute atomic E-state index is 0.0910. The predicted octanol–water partition coefficient (Wildman–Crippen LogP) is 4.42. The lowest BCUT2D eigenvalue weighted by atomic mass is 9.99. The van der Waals surface area contributed by atoms with Crippen molar-refractivity contribution in [1.29, 1.82) is 5.26 Å². The third kappa shape index (κ3) is 5.83. The van der Waals surface area contributed by atoms with Crippen LogP contribution < -0.4 is 10.3 Å². The number of nitriles is 1. The molecule has 1 heterocycles. The third-order valence-corrected chi connectivity index (χ3v) is 6.14. The summed E-state index contributed by atoms with van der Waals surface area (Å²) in [6.07, 6.45) is 1.79. The molecule has 0 spiro atoms. The average molecular weight is 512 g/mol. The zero-order valence-electron chi connectivity index (χ0n) is 18.3. The molecule has 178 valence electrons. The van der Waals surface area contributed by atoms with Crippen LogP contribution in [0, 0.1) is 33.3 Å². The third-order valence-electron chi connectivity index (χ3n) is 5.60. The number of hydrazone groups is 1. The summed E-state index contributed by atoms with van der Waals surface area (Å²) in [5, 5.41) is 28.6. The average Bonchev–Trinajstić information content (AvgIpc) is 3.46. The first-order valence-electron chi connectivity index (χ1n) is 10.7. The van der Waals surface area contributed by atoms with Gasteiger partial charge < -0.3 is 10.2 Å². The Kier molecular flexibility index (Phi) is 7.11. The fourth-order valence-electron chi connectivity index (χ4n) is 3.60. The van der Waals surface area contributed by atoms with Gasteiger partial charge in [0.15, 0.2) is 0 Å². The molecular formula is C24H19Cl2N5O4. The Hall–Kier alpha value is -3.79. The van der Waals surface area contributed by atoms with Crippen molar-refractivity contribution in [3.63, 3.8) is 0 Å². The second kappa shape index (κ2) is 10.2. The van der Waals surface area contributed by atoms with Crippen LogP contribution in [0.3, 0.4) is 0 Å². The topological polar surface area (TPSA) is 121 Å². The SMILES string of the molecule is N#CC1(NC(=O)C2=NN(c3ccc(Cl)cc3Cl)C(c3ccc(C#CCCO[N+](=O)[O-])cc3)C2)CC1. The van der Waals surface area contributed by atoms with Gasteiger partial charge in [0.25, 0.3) is 11.0 Å². The largest absolute Gasteiger partial charge is 0.333 e. The second-order valence-electron chi connectivity index (χ2n) is 8.09. The van der Waals surface area contributed by atoms with Crippen LogP contribution >= 0.6 is 23.2 Å². The summed E-state index contributed by atoms with van der Waals surface area (Å²) >= 11 is 12.5. The van der Waals surface area contributed by atoms with E-state index in [0.29, 0.717) is 40.7 Å². The number of nitrogens with one attached hydrogen (secondary N) is 1. The lowest BCUT2D eigenvalue weighted by Gasteiger charge is -2.25. The summed E-state index contributed by atoms with van der Waals surface area (Å²) in [6, 6.07) is 14.3. The Morgan fingerprint density at radius 1 is 1.29 bits per heavy atom. The molecule has 1 unspecified atom stereocenters. The lowest BCUT2D eigenvalue weighted by molar-refractivity contribution is -0.757. The van der Waals surface area contributed by atoms with Crippen molar-refractivity contribution in [3.05, 3.63) is 73.8 Å². The summed E-state index contributed by atoms with van der Waals surface area (Å²) < 4.78 is 0. The van der Waals surface area contributed by atoms with Gasteiger partial charge in [-0.05, 0) is 48.7 Å². The predicted molar refractivity (Wildman–Crippen MR) is 130 cm³/mol. The highest BCUT2D eigenvalue weighted by atomic mass is 35.5. The van der Waals surface area contributed by atoms with Gasteiger partial charge in [0.1, 0.15) is 17.9 Å². The Labute approximate surface area is 211 Å². The van der Waals surface area contributed by atoms with Crippen molar-refractivity contribution < 1.29 is 14.7 Å². The van der Waals surface area contributed by atoms with Gasteiger partial charge in [-0.1, -0.05) is 47.2 Å². The number of rotatable bonds is 7. The fourth-order valence-corrected chi connectivity index (χ4v) is 4.09. The number of halogens is 2. The van der Waals surface area contributed by atoms with Crippen LogP contribution in [-0.4, -0.2) is 28.9 Å². The molecule has 1 amide bonds. The first-order chi connectivity index (χ1) is 16.8. The minimum Gasteiger partial charge on any atom is -0.333 e. The van der Waals surface area contributed by atoms with E-state index in [9.17, 15) is 20.2 Å². The van der Waals surface area contributed by atoms with Crippen LogP contribution in [0.4, 0.5) is 5.69 Å². The number of anilines is 1. The quantitative estimate of drug-likeness (QED) is 0.254. The molecule has 0 aromatic heterocycles. The molecule has 9 nitrogen and oxygen atoms in total. The van der Waals surface area contributed by atoms with Gasteiger partial charge in [0.05, 0.1) is 22.8 Å². The van der Waals surface area contributed by atoms with E-state index in [2.05, 4.69) is 33.2 Å². The normalized spacial score (nSPS) is 17.5. The molecule has 1 aliphatic carbocycles. The molecule has 0 radical (unpaired) electrons. The van der Waals surface area contributed by atoms with Gasteiger partial charge in [0, 0.05) is 23.4 Å². The van der Waals surface area contributed by atoms with Crippen molar-refractivity contribution in [2.75, 3.05) is 11.6 Å². The summed E-state index contributed by atoms with van der Waals surface area (Å²) in [5.41, 5.74) is 1.71. The fraction of sp³-hybridized carbons (Fsp3) is 0.292. The van der Waals surface area contributed by atoms with Crippen LogP contribution in [0.25, 0.3) is 0 Å². The molecule has 2 aromatic carbocycles. The highest BCUT2D eigenvalue weighted by Gasteiger charge is 2.46. The summed E-state index contributed by atoms with van der Waals surface area (Å²) in [4.78, 5) is 27.3. The molecule has 1 fully saturated rings. The monoisotopic (exact) mass is 511 g/mol. The van der Waals surface area contributed by atoms with Gasteiger partial charge >= 0.3 is 0 Å². The van der Waals surface area contributed by atoms with Gasteiger partial charge in [-0.15, -0.1) is 10.1 Å². The standard InChI is InChI=1S/C24H19Cl2N5O4/c25-18-8-9-21(19(26)13-18)30-22(14-20(29-30)23(32)28-24(15-27)10-11-24)17-6-4-16(5-7-17)3-1-2-12-35-31(33)34/h4-9,13,22H,2,10-12,14H2,(H,28,32). The number of carbonyl (C=O) groups excluding carboxylic acids is 1. The van der Waals surface area contributed by atoms with Crippen molar-refractivity contribution in [2.45, 2.75) is 37.3 Å². The maximum Gasteiger partial charge on any atom is 0.294 e. The highest BCUT2D eigenvalue weighted by molar-refractivity contribution is 6.40. The van der Waals surface area contributed by atoms with Crippen LogP contribution in [0.1, 0.15) is 42.9 Å². The zero-order chi connectivity index (χ0) is 25.0. The maximum absolute atomic E-state index is 12.9. The van der Waals surface area contributed by atoms with E-state index in [0.717, 1.165) is 11.1 Å². The number of carbonyl (C=O) groups is 1. The number of amides is 1. The molecule has 2 aliphatic rings. The molecule has 0 bridgehead atoms. The molecule has 2 aromatic rings. The van der Waals surface area contributed by atoms with E-state index in [1.54, 1.807) is 23.2 Å². The van der Waals surface area contributed by atoms with E-state index in [-0.39, 0.29) is 25.0 Å². The number of benzene rings is 2. The summed E-state index contributed by atoms with van der Waals surface area (Å²) in [7, 11) is 0. The molecule has 1 saturated carbocycles. The first-order valence-corrected chi connectivity index (χ1v) is 11.5. The van der Waals surface area contributed by atoms with Gasteiger partial charge in [0.2, 0.25) is 0 Å². The Bertz CT molecular complexity index is 1290. The van der Waals surface area contributed by atoms with Crippen LogP contribution in [0.5, 0.6) is 0 Å². The van der Waals surface area contributed by atoms with Gasteiger partial charge in [-0.25, -0.2) is 0 Å². The molecule has 1 aliphatic heterocycles. The Morgan fingerprint density at radius 2 is 2.03 bits per heavy atom. The molecule has 1 N–H and O–H groups in total. The number of nitrogens with zero attached hydrogens (tertiary/aromatic N) is 4. The summed E-state index contributed by atoms with van der Waals surface area (Å²) in [5.74, 6) is 5.39. The maximum atomic E-state index is 12.9. The summed E-state index contributed by atoms with van der Waals surface area (Å²) in [6.45, 7) is -0.0910. The van der Waals surface area contributed by atoms with Crippen molar-refractivity contribution in [2.24, 2.45) is 5.10 Å². The smallest absolute Gasteiger partial charge is 0.294 e. The Balaban J connectivity index is 1.55. The molecule has 0 saturated heterocycles. The molecule has 11 heteroatoms. The Morgan fingerprint density at radius 3 is 2.66 bits per heavy atom. The van der Waals surface area contributed by atoms with E-state index < -0.39 is 10.6 Å². The minimum atomic E-state index is -0.849. The van der Waals surface area contributed by atoms with E-state index in [1.807, 2.05) is 24.3 Å². The molecule has 1 atom stereocenters.